The first kappa shape index (κ1) is 8.85. The molecule has 0 saturated heterocycles. The van der Waals surface area contributed by atoms with Gasteiger partial charge in [0.1, 0.15) is 5.65 Å². The largest absolute Gasteiger partial charge is 0.306 e. The highest BCUT2D eigenvalue weighted by atomic mass is 35.5. The summed E-state index contributed by atoms with van der Waals surface area (Å²) in [6.07, 6.45) is 3.77. The molecule has 0 amide bonds. The molecule has 0 aliphatic heterocycles. The van der Waals surface area contributed by atoms with Crippen LogP contribution in [-0.4, -0.2) is 9.38 Å². The Labute approximate surface area is 86.1 Å². The summed E-state index contributed by atoms with van der Waals surface area (Å²) in [5, 5.41) is 0. The molecule has 2 nitrogen and oxygen atoms in total. The van der Waals surface area contributed by atoms with Crippen LogP contribution in [0.5, 0.6) is 0 Å². The summed E-state index contributed by atoms with van der Waals surface area (Å²) in [5.74, 6) is 0. The van der Waals surface area contributed by atoms with Gasteiger partial charge in [0.05, 0.1) is 5.69 Å². The Bertz CT molecular complexity index is 434. The second kappa shape index (κ2) is 3.20. The van der Waals surface area contributed by atoms with E-state index in [0.29, 0.717) is 5.69 Å². The molecule has 68 valence electrons. The van der Waals surface area contributed by atoms with Crippen LogP contribution in [0.2, 0.25) is 0 Å². The fraction of sp³-hybridized carbons (Fsp3) is 0.222. The number of imidazole rings is 1. The average molecular weight is 215 g/mol. The summed E-state index contributed by atoms with van der Waals surface area (Å²) in [6, 6.07) is 3.97. The van der Waals surface area contributed by atoms with E-state index >= 15 is 0 Å². The van der Waals surface area contributed by atoms with Gasteiger partial charge in [-0.3, -0.25) is 0 Å². The Balaban J connectivity index is 2.68. The van der Waals surface area contributed by atoms with Crippen LogP contribution >= 0.6 is 23.2 Å². The molecule has 0 radical (unpaired) electrons. The van der Waals surface area contributed by atoms with Gasteiger partial charge in [-0.1, -0.05) is 29.3 Å². The van der Waals surface area contributed by atoms with Crippen molar-refractivity contribution >= 4 is 28.8 Å². The maximum atomic E-state index is 5.72. The monoisotopic (exact) mass is 214 g/mol. The lowest BCUT2D eigenvalue weighted by Crippen LogP contribution is -1.84. The molecule has 2 aromatic heterocycles. The molecule has 2 rings (SSSR count). The van der Waals surface area contributed by atoms with Crippen LogP contribution in [0.4, 0.5) is 0 Å². The van der Waals surface area contributed by atoms with Crippen molar-refractivity contribution < 1.29 is 0 Å². The summed E-state index contributed by atoms with van der Waals surface area (Å²) in [6.45, 7) is 2.00. The number of fused-ring (bicyclic) bond motifs is 1. The molecule has 0 aliphatic rings. The van der Waals surface area contributed by atoms with Crippen molar-refractivity contribution in [2.75, 3.05) is 0 Å². The number of alkyl halides is 2. The normalized spacial score (nSPS) is 11.4. The Morgan fingerprint density at radius 2 is 2.23 bits per heavy atom. The number of rotatable bonds is 1. The molecule has 0 bridgehead atoms. The minimum absolute atomic E-state index is 0.556. The maximum absolute atomic E-state index is 5.72. The van der Waals surface area contributed by atoms with Gasteiger partial charge in [0, 0.05) is 12.4 Å². The van der Waals surface area contributed by atoms with Crippen molar-refractivity contribution in [1.82, 2.24) is 9.38 Å². The summed E-state index contributed by atoms with van der Waals surface area (Å²) in [4.78, 5) is 3.75. The topological polar surface area (TPSA) is 17.3 Å². The molecule has 0 aromatic carbocycles. The van der Waals surface area contributed by atoms with Crippen LogP contribution in [0.3, 0.4) is 0 Å². The molecule has 0 unspecified atom stereocenters. The second-order valence-electron chi connectivity index (χ2n) is 2.89. The van der Waals surface area contributed by atoms with Crippen molar-refractivity contribution in [1.29, 1.82) is 0 Å². The predicted octanol–water partition coefficient (Wildman–Crippen LogP) is 3.12. The fourth-order valence-electron chi connectivity index (χ4n) is 1.28. The van der Waals surface area contributed by atoms with Gasteiger partial charge in [-0.15, -0.1) is 0 Å². The summed E-state index contributed by atoms with van der Waals surface area (Å²) >= 11 is 11.4. The smallest absolute Gasteiger partial charge is 0.151 e. The number of pyridine rings is 1. The van der Waals surface area contributed by atoms with Gasteiger partial charge in [0.15, 0.2) is 4.84 Å². The first-order chi connectivity index (χ1) is 6.18. The van der Waals surface area contributed by atoms with Crippen molar-refractivity contribution in [3.8, 4) is 0 Å². The van der Waals surface area contributed by atoms with Crippen LogP contribution < -0.4 is 0 Å². The second-order valence-corrected chi connectivity index (χ2v) is 3.98. The highest BCUT2D eigenvalue weighted by Gasteiger charge is 2.09. The van der Waals surface area contributed by atoms with Crippen LogP contribution in [0.1, 0.15) is 16.1 Å². The number of hydrogen-bond donors (Lipinski definition) is 0. The Morgan fingerprint density at radius 3 is 2.85 bits per heavy atom. The van der Waals surface area contributed by atoms with Crippen LogP contribution in [-0.2, 0) is 0 Å². The number of hydrogen-bond acceptors (Lipinski definition) is 1. The number of aromatic nitrogens is 2. The summed E-state index contributed by atoms with van der Waals surface area (Å²) in [7, 11) is 0. The molecule has 13 heavy (non-hydrogen) atoms. The zero-order valence-electron chi connectivity index (χ0n) is 7.04. The number of nitrogens with zero attached hydrogens (tertiary/aromatic N) is 2. The minimum atomic E-state index is -0.556. The van der Waals surface area contributed by atoms with E-state index in [1.165, 1.54) is 0 Å². The molecule has 0 atom stereocenters. The molecule has 0 saturated carbocycles. The Hall–Kier alpha value is -0.730. The van der Waals surface area contributed by atoms with Crippen LogP contribution in [0.25, 0.3) is 5.65 Å². The minimum Gasteiger partial charge on any atom is -0.306 e. The van der Waals surface area contributed by atoms with Gasteiger partial charge >= 0.3 is 0 Å². The molecule has 4 heteroatoms. The third-order valence-corrected chi connectivity index (χ3v) is 2.37. The van der Waals surface area contributed by atoms with Gasteiger partial charge in [0.25, 0.3) is 0 Å². The molecule has 0 aliphatic carbocycles. The van der Waals surface area contributed by atoms with Crippen LogP contribution in [0, 0.1) is 6.92 Å². The van der Waals surface area contributed by atoms with E-state index in [2.05, 4.69) is 4.98 Å². The molecule has 0 spiro atoms. The highest BCUT2D eigenvalue weighted by Crippen LogP contribution is 2.24. The van der Waals surface area contributed by atoms with Crippen molar-refractivity contribution in [2.24, 2.45) is 0 Å². The Kier molecular flexibility index (Phi) is 2.18. The van der Waals surface area contributed by atoms with Crippen molar-refractivity contribution in [2.45, 2.75) is 11.8 Å². The molecule has 0 N–H and O–H groups in total. The number of aryl methyl sites for hydroxylation is 1. The van der Waals surface area contributed by atoms with Crippen LogP contribution in [0.15, 0.2) is 24.5 Å². The molecular formula is C9H8Cl2N2. The van der Waals surface area contributed by atoms with E-state index in [4.69, 9.17) is 23.2 Å². The van der Waals surface area contributed by atoms with E-state index in [1.54, 1.807) is 0 Å². The van der Waals surface area contributed by atoms with Gasteiger partial charge in [-0.2, -0.15) is 0 Å². The SMILES string of the molecule is Cc1cccn2cc(C(Cl)Cl)nc12. The lowest BCUT2D eigenvalue weighted by molar-refractivity contribution is 1.16. The van der Waals surface area contributed by atoms with Gasteiger partial charge in [-0.05, 0) is 18.6 Å². The molecule has 2 aromatic rings. The number of halogens is 2. The molecule has 0 fully saturated rings. The average Bonchev–Trinajstić information content (AvgIpc) is 2.49. The first-order valence-electron chi connectivity index (χ1n) is 3.91. The van der Waals surface area contributed by atoms with E-state index in [0.717, 1.165) is 11.2 Å². The van der Waals surface area contributed by atoms with Gasteiger partial charge < -0.3 is 4.40 Å². The third-order valence-electron chi connectivity index (χ3n) is 1.92. The van der Waals surface area contributed by atoms with Gasteiger partial charge in [-0.25, -0.2) is 4.98 Å². The quantitative estimate of drug-likeness (QED) is 0.668. The van der Waals surface area contributed by atoms with Gasteiger partial charge in [0.2, 0.25) is 0 Å². The first-order valence-corrected chi connectivity index (χ1v) is 4.78. The Morgan fingerprint density at radius 1 is 1.46 bits per heavy atom. The van der Waals surface area contributed by atoms with E-state index in [9.17, 15) is 0 Å². The standard InChI is InChI=1S/C9H8Cl2N2/c1-6-3-2-4-13-5-7(8(10)11)12-9(6)13/h2-5,8H,1H3. The van der Waals surface area contributed by atoms with Crippen molar-refractivity contribution in [3.05, 3.63) is 35.8 Å². The van der Waals surface area contributed by atoms with E-state index in [1.807, 2.05) is 35.9 Å². The lowest BCUT2D eigenvalue weighted by Gasteiger charge is -1.94. The highest BCUT2D eigenvalue weighted by molar-refractivity contribution is 6.43. The lowest BCUT2D eigenvalue weighted by atomic mass is 10.3. The maximum Gasteiger partial charge on any atom is 0.151 e. The predicted molar refractivity (Wildman–Crippen MR) is 54.4 cm³/mol. The zero-order chi connectivity index (χ0) is 9.42. The fourth-order valence-corrected chi connectivity index (χ4v) is 1.49. The zero-order valence-corrected chi connectivity index (χ0v) is 8.55. The molecule has 2 heterocycles. The van der Waals surface area contributed by atoms with E-state index < -0.39 is 4.84 Å². The molecular weight excluding hydrogens is 207 g/mol. The third kappa shape index (κ3) is 1.52. The summed E-state index contributed by atoms with van der Waals surface area (Å²) < 4.78 is 1.92. The van der Waals surface area contributed by atoms with E-state index in [-0.39, 0.29) is 0 Å². The summed E-state index contributed by atoms with van der Waals surface area (Å²) in [5.41, 5.74) is 2.71. The van der Waals surface area contributed by atoms with Crippen molar-refractivity contribution in [3.63, 3.8) is 0 Å².